The van der Waals surface area contributed by atoms with Crippen molar-refractivity contribution < 1.29 is 4.79 Å². The van der Waals surface area contributed by atoms with Crippen LogP contribution in [0, 0.1) is 20.8 Å². The third-order valence-electron chi connectivity index (χ3n) is 4.57. The van der Waals surface area contributed by atoms with E-state index in [1.54, 1.807) is 36.0 Å². The zero-order chi connectivity index (χ0) is 20.1. The van der Waals surface area contributed by atoms with E-state index in [9.17, 15) is 4.79 Å². The molecule has 1 nitrogen and oxygen atoms in total. The van der Waals surface area contributed by atoms with Crippen molar-refractivity contribution in [3.05, 3.63) is 110 Å². The first kappa shape index (κ1) is 20.4. The highest BCUT2D eigenvalue weighted by Gasteiger charge is 2.14. The number of hydrogen-bond acceptors (Lipinski definition) is 2. The van der Waals surface area contributed by atoms with Crippen LogP contribution in [0.1, 0.15) is 38.2 Å². The zero-order valence-corrected chi connectivity index (χ0v) is 17.9. The quantitative estimate of drug-likeness (QED) is 0.313. The molecule has 0 N–H and O–H groups in total. The van der Waals surface area contributed by atoms with Crippen molar-refractivity contribution in [1.29, 1.82) is 0 Å². The number of aryl methyl sites for hydroxylation is 3. The van der Waals surface area contributed by atoms with E-state index < -0.39 is 0 Å². The van der Waals surface area contributed by atoms with E-state index in [1.165, 1.54) is 16.7 Å². The van der Waals surface area contributed by atoms with Gasteiger partial charge in [0.15, 0.2) is 5.78 Å². The third kappa shape index (κ3) is 5.37. The summed E-state index contributed by atoms with van der Waals surface area (Å²) in [6.45, 7) is 6.21. The smallest absolute Gasteiger partial charge is 0.199 e. The number of halogens is 1. The number of rotatable bonds is 6. The standard InChI is InChI=1S/C25H23ClOS/c1-17-5-8-20(9-6-17)16-28-24(15-22-14-18(2)4-7-19(22)3)25(27)21-10-12-23(26)13-11-21/h4-15H,16H2,1-3H3/b24-15+. The summed E-state index contributed by atoms with van der Waals surface area (Å²) < 4.78 is 0. The van der Waals surface area contributed by atoms with Gasteiger partial charge in [0.1, 0.15) is 0 Å². The van der Waals surface area contributed by atoms with E-state index in [0.29, 0.717) is 10.6 Å². The van der Waals surface area contributed by atoms with Crippen molar-refractivity contribution in [3.8, 4) is 0 Å². The van der Waals surface area contributed by atoms with Gasteiger partial charge in [0, 0.05) is 16.3 Å². The molecule has 28 heavy (non-hydrogen) atoms. The molecule has 0 aliphatic carbocycles. The molecule has 3 aromatic rings. The molecule has 0 fully saturated rings. The van der Waals surface area contributed by atoms with Gasteiger partial charge >= 0.3 is 0 Å². The van der Waals surface area contributed by atoms with Crippen LogP contribution in [0.5, 0.6) is 0 Å². The fourth-order valence-corrected chi connectivity index (χ4v) is 3.92. The van der Waals surface area contributed by atoms with Crippen molar-refractivity contribution >= 4 is 35.2 Å². The molecule has 0 atom stereocenters. The molecular weight excluding hydrogens is 384 g/mol. The molecule has 0 aliphatic rings. The summed E-state index contributed by atoms with van der Waals surface area (Å²) >= 11 is 7.56. The Kier molecular flexibility index (Phi) is 6.77. The Hall–Kier alpha value is -2.29. The van der Waals surface area contributed by atoms with Gasteiger partial charge in [0.2, 0.25) is 0 Å². The van der Waals surface area contributed by atoms with Crippen molar-refractivity contribution in [2.45, 2.75) is 26.5 Å². The van der Waals surface area contributed by atoms with Crippen LogP contribution in [0.25, 0.3) is 6.08 Å². The predicted octanol–water partition coefficient (Wildman–Crippen LogP) is 7.42. The first-order valence-electron chi connectivity index (χ1n) is 9.20. The minimum Gasteiger partial charge on any atom is -0.288 e. The average Bonchev–Trinajstić information content (AvgIpc) is 2.69. The molecule has 3 rings (SSSR count). The number of ketones is 1. The van der Waals surface area contributed by atoms with Crippen LogP contribution in [0.15, 0.2) is 71.6 Å². The minimum atomic E-state index is 0.0229. The Morgan fingerprint density at radius 1 is 0.893 bits per heavy atom. The normalized spacial score (nSPS) is 11.5. The fourth-order valence-electron chi connectivity index (χ4n) is 2.82. The van der Waals surface area contributed by atoms with E-state index in [4.69, 9.17) is 11.6 Å². The van der Waals surface area contributed by atoms with E-state index >= 15 is 0 Å². The minimum absolute atomic E-state index is 0.0229. The summed E-state index contributed by atoms with van der Waals surface area (Å²) in [5.41, 5.74) is 6.50. The predicted molar refractivity (Wildman–Crippen MR) is 122 cm³/mol. The van der Waals surface area contributed by atoms with E-state index in [2.05, 4.69) is 63.2 Å². The highest BCUT2D eigenvalue weighted by Crippen LogP contribution is 2.29. The summed E-state index contributed by atoms with van der Waals surface area (Å²) in [6.07, 6.45) is 2.01. The van der Waals surface area contributed by atoms with Crippen LogP contribution in [0.4, 0.5) is 0 Å². The van der Waals surface area contributed by atoms with Crippen LogP contribution in [0.3, 0.4) is 0 Å². The molecule has 0 aliphatic heterocycles. The molecular formula is C25H23ClOS. The first-order chi connectivity index (χ1) is 13.4. The monoisotopic (exact) mass is 406 g/mol. The first-order valence-corrected chi connectivity index (χ1v) is 10.6. The number of hydrogen-bond donors (Lipinski definition) is 0. The highest BCUT2D eigenvalue weighted by atomic mass is 35.5. The lowest BCUT2D eigenvalue weighted by Crippen LogP contribution is -2.02. The Morgan fingerprint density at radius 2 is 1.54 bits per heavy atom. The van der Waals surface area contributed by atoms with Gasteiger partial charge in [0.25, 0.3) is 0 Å². The molecule has 0 saturated heterocycles. The van der Waals surface area contributed by atoms with Crippen molar-refractivity contribution in [1.82, 2.24) is 0 Å². The van der Waals surface area contributed by atoms with E-state index in [0.717, 1.165) is 21.8 Å². The maximum atomic E-state index is 13.2. The van der Waals surface area contributed by atoms with Crippen molar-refractivity contribution in [2.75, 3.05) is 0 Å². The lowest BCUT2D eigenvalue weighted by molar-refractivity contribution is 0.104. The Morgan fingerprint density at radius 3 is 2.21 bits per heavy atom. The summed E-state index contributed by atoms with van der Waals surface area (Å²) in [6, 6.07) is 21.8. The molecule has 142 valence electrons. The molecule has 3 aromatic carbocycles. The van der Waals surface area contributed by atoms with Crippen LogP contribution in [-0.2, 0) is 5.75 Å². The Balaban J connectivity index is 1.93. The van der Waals surface area contributed by atoms with Gasteiger partial charge in [-0.3, -0.25) is 4.79 Å². The Bertz CT molecular complexity index is 1000. The number of thioether (sulfide) groups is 1. The Labute approximate surface area is 176 Å². The summed E-state index contributed by atoms with van der Waals surface area (Å²) in [7, 11) is 0. The van der Waals surface area contributed by atoms with Gasteiger partial charge in [0.05, 0.1) is 4.91 Å². The largest absolute Gasteiger partial charge is 0.288 e. The molecule has 0 spiro atoms. The second-order valence-corrected chi connectivity index (χ2v) is 8.43. The van der Waals surface area contributed by atoms with Gasteiger partial charge in [-0.1, -0.05) is 65.2 Å². The summed E-state index contributed by atoms with van der Waals surface area (Å²) in [5, 5.41) is 0.629. The number of benzene rings is 3. The van der Waals surface area contributed by atoms with Gasteiger partial charge in [-0.15, -0.1) is 11.8 Å². The van der Waals surface area contributed by atoms with Crippen LogP contribution in [-0.4, -0.2) is 5.78 Å². The maximum absolute atomic E-state index is 13.2. The number of allylic oxidation sites excluding steroid dienone is 1. The number of carbonyl (C=O) groups is 1. The molecule has 0 unspecified atom stereocenters. The molecule has 0 radical (unpaired) electrons. The van der Waals surface area contributed by atoms with Crippen LogP contribution in [0.2, 0.25) is 5.02 Å². The van der Waals surface area contributed by atoms with Gasteiger partial charge in [-0.05, 0) is 67.8 Å². The zero-order valence-electron chi connectivity index (χ0n) is 16.3. The molecule has 0 bridgehead atoms. The van der Waals surface area contributed by atoms with Crippen LogP contribution < -0.4 is 0 Å². The van der Waals surface area contributed by atoms with Crippen molar-refractivity contribution in [3.63, 3.8) is 0 Å². The molecule has 3 heteroatoms. The summed E-state index contributed by atoms with van der Waals surface area (Å²) in [4.78, 5) is 13.9. The van der Waals surface area contributed by atoms with Gasteiger partial charge in [-0.25, -0.2) is 0 Å². The van der Waals surface area contributed by atoms with E-state index in [-0.39, 0.29) is 5.78 Å². The van der Waals surface area contributed by atoms with Crippen LogP contribution >= 0.6 is 23.4 Å². The topological polar surface area (TPSA) is 17.1 Å². The van der Waals surface area contributed by atoms with Crippen molar-refractivity contribution in [2.24, 2.45) is 0 Å². The molecule has 0 saturated carbocycles. The third-order valence-corrected chi connectivity index (χ3v) is 5.91. The fraction of sp³-hybridized carbons (Fsp3) is 0.160. The SMILES string of the molecule is Cc1ccc(CS/C(=C/c2cc(C)ccc2C)C(=O)c2ccc(Cl)cc2)cc1. The van der Waals surface area contributed by atoms with E-state index in [1.807, 2.05) is 6.08 Å². The lowest BCUT2D eigenvalue weighted by atomic mass is 10.0. The molecule has 0 heterocycles. The second-order valence-electron chi connectivity index (χ2n) is 6.98. The highest BCUT2D eigenvalue weighted by molar-refractivity contribution is 8.03. The van der Waals surface area contributed by atoms with Gasteiger partial charge < -0.3 is 0 Å². The second kappa shape index (κ2) is 9.27. The number of Topliss-reactive ketones (excluding diaryl/α,β-unsaturated/α-hetero) is 1. The number of carbonyl (C=O) groups excluding carboxylic acids is 1. The average molecular weight is 407 g/mol. The molecule has 0 aromatic heterocycles. The lowest BCUT2D eigenvalue weighted by Gasteiger charge is -2.10. The van der Waals surface area contributed by atoms with Gasteiger partial charge in [-0.2, -0.15) is 0 Å². The summed E-state index contributed by atoms with van der Waals surface area (Å²) in [5.74, 6) is 0.769. The maximum Gasteiger partial charge on any atom is 0.199 e. The molecule has 0 amide bonds.